The van der Waals surface area contributed by atoms with Crippen LogP contribution in [0.1, 0.15) is 37.3 Å². The number of carbonyl (C=O) groups is 1. The van der Waals surface area contributed by atoms with E-state index in [2.05, 4.69) is 26.0 Å². The average molecular weight is 220 g/mol. The highest BCUT2D eigenvalue weighted by Gasteiger charge is 2.03. The van der Waals surface area contributed by atoms with Gasteiger partial charge < -0.3 is 4.74 Å². The molecule has 0 heterocycles. The maximum atomic E-state index is 11.4. The molecule has 0 atom stereocenters. The third-order valence-electron chi connectivity index (χ3n) is 2.46. The van der Waals surface area contributed by atoms with Crippen molar-refractivity contribution in [1.82, 2.24) is 0 Å². The normalized spacial score (nSPS) is 10.1. The van der Waals surface area contributed by atoms with Crippen molar-refractivity contribution >= 4 is 5.97 Å². The van der Waals surface area contributed by atoms with Crippen LogP contribution in [-0.4, -0.2) is 12.6 Å². The fraction of sp³-hybridized carbons (Fsp3) is 0.500. The Labute approximate surface area is 97.6 Å². The zero-order chi connectivity index (χ0) is 11.8. The molecule has 1 aromatic rings. The Hall–Kier alpha value is -1.31. The number of esters is 1. The van der Waals surface area contributed by atoms with Crippen LogP contribution in [0.3, 0.4) is 0 Å². The molecule has 1 rings (SSSR count). The molecular formula is C14H20O2. The van der Waals surface area contributed by atoms with Crippen LogP contribution < -0.4 is 0 Å². The maximum Gasteiger partial charge on any atom is 0.306 e. The summed E-state index contributed by atoms with van der Waals surface area (Å²) in [5, 5.41) is 0. The summed E-state index contributed by atoms with van der Waals surface area (Å²) in [5.74, 6) is -0.0880. The number of hydrogen-bond donors (Lipinski definition) is 0. The molecule has 0 aliphatic rings. The monoisotopic (exact) mass is 220 g/mol. The van der Waals surface area contributed by atoms with Gasteiger partial charge in [-0.3, -0.25) is 4.79 Å². The summed E-state index contributed by atoms with van der Waals surface area (Å²) in [6.07, 6.45) is 3.27. The fourth-order valence-corrected chi connectivity index (χ4v) is 1.52. The minimum Gasteiger partial charge on any atom is -0.466 e. The van der Waals surface area contributed by atoms with Crippen molar-refractivity contribution in [3.8, 4) is 0 Å². The molecule has 0 N–H and O–H groups in total. The molecule has 0 bridgehead atoms. The predicted molar refractivity (Wildman–Crippen MR) is 65.4 cm³/mol. The third-order valence-corrected chi connectivity index (χ3v) is 2.46. The van der Waals surface area contributed by atoms with Crippen molar-refractivity contribution in [2.75, 3.05) is 6.61 Å². The molecule has 0 aromatic heterocycles. The first kappa shape index (κ1) is 12.8. The molecule has 0 unspecified atom stereocenters. The number of unbranched alkanes of at least 4 members (excludes halogenated alkanes) is 1. The second kappa shape index (κ2) is 7.04. The average Bonchev–Trinajstić information content (AvgIpc) is 2.27. The molecule has 2 heteroatoms. The van der Waals surface area contributed by atoms with E-state index in [0.29, 0.717) is 13.0 Å². The van der Waals surface area contributed by atoms with Crippen molar-refractivity contribution in [3.05, 3.63) is 35.4 Å². The third kappa shape index (κ3) is 4.96. The first-order chi connectivity index (χ1) is 7.72. The second-order valence-corrected chi connectivity index (χ2v) is 4.06. The van der Waals surface area contributed by atoms with Gasteiger partial charge in [-0.2, -0.15) is 0 Å². The van der Waals surface area contributed by atoms with Gasteiger partial charge in [-0.15, -0.1) is 0 Å². The van der Waals surface area contributed by atoms with E-state index in [0.717, 1.165) is 19.3 Å². The molecule has 1 aromatic carbocycles. The van der Waals surface area contributed by atoms with Crippen LogP contribution >= 0.6 is 0 Å². The van der Waals surface area contributed by atoms with Gasteiger partial charge in [0.15, 0.2) is 0 Å². The van der Waals surface area contributed by atoms with E-state index in [1.165, 1.54) is 11.1 Å². The Morgan fingerprint density at radius 1 is 1.38 bits per heavy atom. The second-order valence-electron chi connectivity index (χ2n) is 4.06. The molecule has 0 aliphatic carbocycles. The Morgan fingerprint density at radius 2 is 2.19 bits per heavy atom. The van der Waals surface area contributed by atoms with Crippen LogP contribution in [0.4, 0.5) is 0 Å². The molecule has 0 saturated carbocycles. The zero-order valence-electron chi connectivity index (χ0n) is 10.2. The highest BCUT2D eigenvalue weighted by Crippen LogP contribution is 2.07. The van der Waals surface area contributed by atoms with Gasteiger partial charge in [0.25, 0.3) is 0 Å². The molecule has 0 saturated heterocycles. The van der Waals surface area contributed by atoms with Crippen molar-refractivity contribution < 1.29 is 9.53 Å². The van der Waals surface area contributed by atoms with Gasteiger partial charge in [-0.1, -0.05) is 43.2 Å². The summed E-state index contributed by atoms with van der Waals surface area (Å²) in [5.41, 5.74) is 2.43. The highest BCUT2D eigenvalue weighted by molar-refractivity contribution is 5.69. The number of carbonyl (C=O) groups excluding carboxylic acids is 1. The molecule has 88 valence electrons. The van der Waals surface area contributed by atoms with Gasteiger partial charge in [-0.25, -0.2) is 0 Å². The molecule has 0 radical (unpaired) electrons. The molecular weight excluding hydrogens is 200 g/mol. The predicted octanol–water partition coefficient (Wildman–Crippen LogP) is 3.27. The zero-order valence-corrected chi connectivity index (χ0v) is 10.2. The summed E-state index contributed by atoms with van der Waals surface area (Å²) in [6, 6.07) is 8.24. The lowest BCUT2D eigenvalue weighted by Gasteiger charge is -2.04. The molecule has 2 nitrogen and oxygen atoms in total. The van der Waals surface area contributed by atoms with Gasteiger partial charge in [0.1, 0.15) is 0 Å². The quantitative estimate of drug-likeness (QED) is 0.543. The molecule has 16 heavy (non-hydrogen) atoms. The van der Waals surface area contributed by atoms with E-state index in [-0.39, 0.29) is 5.97 Å². The summed E-state index contributed by atoms with van der Waals surface area (Å²) in [6.45, 7) is 4.70. The lowest BCUT2D eigenvalue weighted by Crippen LogP contribution is -2.06. The first-order valence-electron chi connectivity index (χ1n) is 5.93. The van der Waals surface area contributed by atoms with Crippen LogP contribution in [0.25, 0.3) is 0 Å². The van der Waals surface area contributed by atoms with Gasteiger partial charge in [0, 0.05) is 6.42 Å². The summed E-state index contributed by atoms with van der Waals surface area (Å²) in [7, 11) is 0. The Kier molecular flexibility index (Phi) is 5.62. The Bertz CT molecular complexity index is 331. The number of ether oxygens (including phenoxy) is 1. The topological polar surface area (TPSA) is 26.3 Å². The van der Waals surface area contributed by atoms with Gasteiger partial charge in [0.2, 0.25) is 0 Å². The van der Waals surface area contributed by atoms with Gasteiger partial charge >= 0.3 is 5.97 Å². The molecule has 0 fully saturated rings. The van der Waals surface area contributed by atoms with Crippen LogP contribution in [0.15, 0.2) is 24.3 Å². The Balaban J connectivity index is 2.26. The van der Waals surface area contributed by atoms with Crippen molar-refractivity contribution in [2.24, 2.45) is 0 Å². The van der Waals surface area contributed by atoms with E-state index in [1.54, 1.807) is 0 Å². The smallest absolute Gasteiger partial charge is 0.306 e. The van der Waals surface area contributed by atoms with E-state index in [4.69, 9.17) is 4.74 Å². The number of benzene rings is 1. The minimum absolute atomic E-state index is 0.0880. The molecule has 0 aliphatic heterocycles. The summed E-state index contributed by atoms with van der Waals surface area (Å²) < 4.78 is 5.10. The van der Waals surface area contributed by atoms with E-state index in [9.17, 15) is 4.79 Å². The van der Waals surface area contributed by atoms with Crippen LogP contribution in [-0.2, 0) is 16.0 Å². The highest BCUT2D eigenvalue weighted by atomic mass is 16.5. The van der Waals surface area contributed by atoms with E-state index < -0.39 is 0 Å². The minimum atomic E-state index is -0.0880. The standard InChI is InChI=1S/C14H20O2/c1-3-4-10-16-14(15)9-8-13-7-5-6-12(2)11-13/h5-7,11H,3-4,8-10H2,1-2H3. The van der Waals surface area contributed by atoms with Crippen molar-refractivity contribution in [1.29, 1.82) is 0 Å². The largest absolute Gasteiger partial charge is 0.466 e. The summed E-state index contributed by atoms with van der Waals surface area (Å²) >= 11 is 0. The number of aryl methyl sites for hydroxylation is 2. The number of hydrogen-bond acceptors (Lipinski definition) is 2. The molecule has 0 amide bonds. The number of rotatable bonds is 6. The van der Waals surface area contributed by atoms with Gasteiger partial charge in [-0.05, 0) is 25.3 Å². The van der Waals surface area contributed by atoms with Crippen molar-refractivity contribution in [2.45, 2.75) is 39.5 Å². The van der Waals surface area contributed by atoms with Crippen LogP contribution in [0.2, 0.25) is 0 Å². The lowest BCUT2D eigenvalue weighted by atomic mass is 10.1. The van der Waals surface area contributed by atoms with E-state index >= 15 is 0 Å². The SMILES string of the molecule is CCCCOC(=O)CCc1cccc(C)c1. The lowest BCUT2D eigenvalue weighted by molar-refractivity contribution is -0.143. The van der Waals surface area contributed by atoms with Crippen LogP contribution in [0, 0.1) is 6.92 Å². The molecule has 0 spiro atoms. The fourth-order valence-electron chi connectivity index (χ4n) is 1.52. The Morgan fingerprint density at radius 3 is 2.88 bits per heavy atom. The maximum absolute atomic E-state index is 11.4. The summed E-state index contributed by atoms with van der Waals surface area (Å²) in [4.78, 5) is 11.4. The van der Waals surface area contributed by atoms with E-state index in [1.807, 2.05) is 12.1 Å². The first-order valence-corrected chi connectivity index (χ1v) is 5.93. The van der Waals surface area contributed by atoms with Crippen molar-refractivity contribution in [3.63, 3.8) is 0 Å². The van der Waals surface area contributed by atoms with Crippen LogP contribution in [0.5, 0.6) is 0 Å². The van der Waals surface area contributed by atoms with Gasteiger partial charge in [0.05, 0.1) is 6.61 Å².